The number of hydrogen-bond donors (Lipinski definition) is 0. The Morgan fingerprint density at radius 3 is 2.56 bits per heavy atom. The summed E-state index contributed by atoms with van der Waals surface area (Å²) < 4.78 is 10.6. The van der Waals surface area contributed by atoms with E-state index in [-0.39, 0.29) is 24.9 Å². The number of aryl methyl sites for hydroxylation is 1. The van der Waals surface area contributed by atoms with Gasteiger partial charge in [-0.25, -0.2) is 0 Å². The molecular formula is C22H31NO4. The largest absolute Gasteiger partial charge is 0.484 e. The first-order valence-corrected chi connectivity index (χ1v) is 9.89. The molecule has 0 saturated carbocycles. The zero-order valence-electron chi connectivity index (χ0n) is 16.5. The minimum absolute atomic E-state index is 0.0229. The number of allylic oxidation sites excluding steroid dienone is 1. The zero-order valence-corrected chi connectivity index (χ0v) is 16.5. The van der Waals surface area contributed by atoms with Crippen LogP contribution in [0.4, 0.5) is 0 Å². The van der Waals surface area contributed by atoms with Crippen LogP contribution in [0.5, 0.6) is 5.75 Å². The van der Waals surface area contributed by atoms with E-state index in [0.717, 1.165) is 24.8 Å². The highest BCUT2D eigenvalue weighted by molar-refractivity contribution is 5.78. The summed E-state index contributed by atoms with van der Waals surface area (Å²) in [7, 11) is 0. The van der Waals surface area contributed by atoms with Crippen LogP contribution in [0, 0.1) is 6.92 Å². The molecule has 0 unspecified atom stereocenters. The van der Waals surface area contributed by atoms with Crippen molar-refractivity contribution < 1.29 is 19.1 Å². The van der Waals surface area contributed by atoms with Crippen molar-refractivity contribution in [2.75, 3.05) is 26.3 Å². The molecule has 0 aromatic heterocycles. The summed E-state index contributed by atoms with van der Waals surface area (Å²) in [6, 6.07) is 7.62. The Balaban J connectivity index is 1.89. The van der Waals surface area contributed by atoms with Crippen LogP contribution in [0.2, 0.25) is 0 Å². The number of amides is 1. The average molecular weight is 373 g/mol. The standard InChI is InChI=1S/C22H31NO4/c1-3-26-22(25)14-16-23(15-13-19-7-5-4-6-8-19)21(24)17-27-20-11-9-18(2)10-12-20/h7,9-12H,3-6,8,13-17H2,1-2H3. The molecule has 1 aliphatic carbocycles. The number of rotatable bonds is 10. The smallest absolute Gasteiger partial charge is 0.307 e. The van der Waals surface area contributed by atoms with Crippen molar-refractivity contribution in [1.29, 1.82) is 0 Å². The minimum Gasteiger partial charge on any atom is -0.484 e. The Bertz CT molecular complexity index is 636. The summed E-state index contributed by atoms with van der Waals surface area (Å²) in [6.07, 6.45) is 8.07. The van der Waals surface area contributed by atoms with Gasteiger partial charge in [-0.15, -0.1) is 0 Å². The Labute approximate surface area is 162 Å². The molecule has 1 amide bonds. The normalized spacial score (nSPS) is 13.6. The Morgan fingerprint density at radius 2 is 1.89 bits per heavy atom. The van der Waals surface area contributed by atoms with Crippen LogP contribution >= 0.6 is 0 Å². The van der Waals surface area contributed by atoms with Gasteiger partial charge in [0.2, 0.25) is 0 Å². The van der Waals surface area contributed by atoms with E-state index >= 15 is 0 Å². The van der Waals surface area contributed by atoms with E-state index in [0.29, 0.717) is 25.4 Å². The highest BCUT2D eigenvalue weighted by Crippen LogP contribution is 2.20. The van der Waals surface area contributed by atoms with Gasteiger partial charge in [-0.2, -0.15) is 0 Å². The summed E-state index contributed by atoms with van der Waals surface area (Å²) in [6.45, 7) is 5.10. The van der Waals surface area contributed by atoms with Crippen LogP contribution in [0.25, 0.3) is 0 Å². The van der Waals surface area contributed by atoms with Crippen LogP contribution in [-0.4, -0.2) is 43.1 Å². The van der Waals surface area contributed by atoms with Crippen molar-refractivity contribution >= 4 is 11.9 Å². The molecule has 0 fully saturated rings. The van der Waals surface area contributed by atoms with Gasteiger partial charge in [0.05, 0.1) is 13.0 Å². The second kappa shape index (κ2) is 11.4. The van der Waals surface area contributed by atoms with Crippen molar-refractivity contribution in [2.24, 2.45) is 0 Å². The van der Waals surface area contributed by atoms with Gasteiger partial charge in [0.25, 0.3) is 5.91 Å². The van der Waals surface area contributed by atoms with Crippen molar-refractivity contribution in [3.05, 3.63) is 41.5 Å². The first kappa shape index (κ1) is 21.0. The lowest BCUT2D eigenvalue weighted by molar-refractivity contribution is -0.144. The van der Waals surface area contributed by atoms with Gasteiger partial charge in [0, 0.05) is 13.1 Å². The van der Waals surface area contributed by atoms with Crippen molar-refractivity contribution in [3.63, 3.8) is 0 Å². The molecule has 1 aromatic carbocycles. The SMILES string of the molecule is CCOC(=O)CCN(CCC1=CCCCC1)C(=O)COc1ccc(C)cc1. The van der Waals surface area contributed by atoms with E-state index in [1.165, 1.54) is 18.4 Å². The van der Waals surface area contributed by atoms with Gasteiger partial charge in [-0.1, -0.05) is 29.3 Å². The van der Waals surface area contributed by atoms with E-state index in [1.807, 2.05) is 31.2 Å². The lowest BCUT2D eigenvalue weighted by Crippen LogP contribution is -2.37. The third kappa shape index (κ3) is 7.85. The summed E-state index contributed by atoms with van der Waals surface area (Å²) in [5, 5.41) is 0. The molecule has 0 spiro atoms. The molecule has 5 heteroatoms. The van der Waals surface area contributed by atoms with E-state index in [1.54, 1.807) is 11.8 Å². The monoisotopic (exact) mass is 373 g/mol. The van der Waals surface area contributed by atoms with E-state index in [4.69, 9.17) is 9.47 Å². The molecule has 0 N–H and O–H groups in total. The van der Waals surface area contributed by atoms with Crippen molar-refractivity contribution in [3.8, 4) is 5.75 Å². The van der Waals surface area contributed by atoms with Gasteiger partial charge in [0.15, 0.2) is 6.61 Å². The first-order valence-electron chi connectivity index (χ1n) is 9.89. The quantitative estimate of drug-likeness (QED) is 0.459. The van der Waals surface area contributed by atoms with Gasteiger partial charge >= 0.3 is 5.97 Å². The molecular weight excluding hydrogens is 342 g/mol. The fraction of sp³-hybridized carbons (Fsp3) is 0.545. The predicted octanol–water partition coefficient (Wildman–Crippen LogP) is 4.05. The molecule has 5 nitrogen and oxygen atoms in total. The Kier molecular flexibility index (Phi) is 8.89. The number of carbonyl (C=O) groups excluding carboxylic acids is 2. The average Bonchev–Trinajstić information content (AvgIpc) is 2.68. The van der Waals surface area contributed by atoms with Crippen LogP contribution in [0.15, 0.2) is 35.9 Å². The predicted molar refractivity (Wildman–Crippen MR) is 106 cm³/mol. The summed E-state index contributed by atoms with van der Waals surface area (Å²) in [5.74, 6) is 0.303. The van der Waals surface area contributed by atoms with Crippen LogP contribution in [-0.2, 0) is 14.3 Å². The Morgan fingerprint density at radius 1 is 1.11 bits per heavy atom. The minimum atomic E-state index is -0.272. The van der Waals surface area contributed by atoms with Crippen molar-refractivity contribution in [2.45, 2.75) is 52.4 Å². The van der Waals surface area contributed by atoms with Gasteiger partial charge in [0.1, 0.15) is 5.75 Å². The molecule has 0 heterocycles. The molecule has 1 aliphatic rings. The summed E-state index contributed by atoms with van der Waals surface area (Å²) in [5.41, 5.74) is 2.56. The molecule has 148 valence electrons. The molecule has 0 bridgehead atoms. The second-order valence-electron chi connectivity index (χ2n) is 6.90. The zero-order chi connectivity index (χ0) is 19.5. The second-order valence-corrected chi connectivity index (χ2v) is 6.90. The number of ether oxygens (including phenoxy) is 2. The van der Waals surface area contributed by atoms with Crippen LogP contribution < -0.4 is 4.74 Å². The van der Waals surface area contributed by atoms with Gasteiger partial charge in [-0.05, 0) is 58.1 Å². The third-order valence-electron chi connectivity index (χ3n) is 4.72. The summed E-state index contributed by atoms with van der Waals surface area (Å²) in [4.78, 5) is 26.1. The first-order chi connectivity index (χ1) is 13.1. The molecule has 27 heavy (non-hydrogen) atoms. The fourth-order valence-electron chi connectivity index (χ4n) is 3.10. The number of nitrogens with zero attached hydrogens (tertiary/aromatic N) is 1. The fourth-order valence-corrected chi connectivity index (χ4v) is 3.10. The third-order valence-corrected chi connectivity index (χ3v) is 4.72. The number of benzene rings is 1. The van der Waals surface area contributed by atoms with E-state index in [9.17, 15) is 9.59 Å². The van der Waals surface area contributed by atoms with E-state index in [2.05, 4.69) is 6.08 Å². The number of carbonyl (C=O) groups is 2. The molecule has 0 atom stereocenters. The highest BCUT2D eigenvalue weighted by Gasteiger charge is 2.17. The maximum absolute atomic E-state index is 12.7. The molecule has 0 saturated heterocycles. The maximum Gasteiger partial charge on any atom is 0.307 e. The van der Waals surface area contributed by atoms with Crippen LogP contribution in [0.3, 0.4) is 0 Å². The van der Waals surface area contributed by atoms with Gasteiger partial charge in [-0.3, -0.25) is 9.59 Å². The molecule has 2 rings (SSSR count). The van der Waals surface area contributed by atoms with Gasteiger partial charge < -0.3 is 14.4 Å². The lowest BCUT2D eigenvalue weighted by atomic mass is 9.97. The Hall–Kier alpha value is -2.30. The highest BCUT2D eigenvalue weighted by atomic mass is 16.5. The summed E-state index contributed by atoms with van der Waals surface area (Å²) >= 11 is 0. The van der Waals surface area contributed by atoms with Crippen molar-refractivity contribution in [1.82, 2.24) is 4.90 Å². The molecule has 0 aliphatic heterocycles. The van der Waals surface area contributed by atoms with E-state index < -0.39 is 0 Å². The maximum atomic E-state index is 12.7. The molecule has 1 aromatic rings. The number of esters is 1. The molecule has 0 radical (unpaired) electrons. The topological polar surface area (TPSA) is 55.8 Å². The number of hydrogen-bond acceptors (Lipinski definition) is 4. The van der Waals surface area contributed by atoms with Crippen LogP contribution in [0.1, 0.15) is 51.0 Å². The lowest BCUT2D eigenvalue weighted by Gasteiger charge is -2.24.